The summed E-state index contributed by atoms with van der Waals surface area (Å²) in [5.41, 5.74) is -0.653. The summed E-state index contributed by atoms with van der Waals surface area (Å²) in [5, 5.41) is 15.8. The Morgan fingerprint density at radius 3 is 2.78 bits per heavy atom. The van der Waals surface area contributed by atoms with Crippen LogP contribution >= 0.6 is 0 Å². The van der Waals surface area contributed by atoms with Crippen LogP contribution in [0.4, 0.5) is 0 Å². The predicted octanol–water partition coefficient (Wildman–Crippen LogP) is 1.03. The Morgan fingerprint density at radius 1 is 1.56 bits per heavy atom. The van der Waals surface area contributed by atoms with Gasteiger partial charge in [0.15, 0.2) is 0 Å². The first-order valence-electron chi connectivity index (χ1n) is 6.16. The van der Waals surface area contributed by atoms with Crippen molar-refractivity contribution in [3.8, 4) is 0 Å². The lowest BCUT2D eigenvalue weighted by molar-refractivity contribution is -0.148. The number of nitrogens with zero attached hydrogens (tertiary/aromatic N) is 2. The summed E-state index contributed by atoms with van der Waals surface area (Å²) in [7, 11) is 0. The fourth-order valence-electron chi connectivity index (χ4n) is 2.04. The van der Waals surface area contributed by atoms with Gasteiger partial charge in [0.25, 0.3) is 5.91 Å². The minimum atomic E-state index is -1.07. The number of aromatic nitrogens is 2. The van der Waals surface area contributed by atoms with Gasteiger partial charge in [-0.05, 0) is 25.7 Å². The molecule has 6 nitrogen and oxygen atoms in total. The fraction of sp³-hybridized carbons (Fsp3) is 0.583. The van der Waals surface area contributed by atoms with Crippen molar-refractivity contribution in [2.24, 2.45) is 0 Å². The second-order valence-electron chi connectivity index (χ2n) is 4.69. The Hall–Kier alpha value is -1.85. The van der Waals surface area contributed by atoms with Crippen LogP contribution in [0.15, 0.2) is 12.4 Å². The van der Waals surface area contributed by atoms with Gasteiger partial charge >= 0.3 is 5.97 Å². The number of carbonyl (C=O) groups is 2. The number of rotatable bonds is 5. The van der Waals surface area contributed by atoms with Gasteiger partial charge in [-0.2, -0.15) is 5.10 Å². The van der Waals surface area contributed by atoms with E-state index in [1.165, 1.54) is 6.20 Å². The van der Waals surface area contributed by atoms with E-state index in [0.29, 0.717) is 18.4 Å². The van der Waals surface area contributed by atoms with Crippen molar-refractivity contribution in [3.05, 3.63) is 18.0 Å². The molecule has 2 N–H and O–H groups in total. The largest absolute Gasteiger partial charge is 0.480 e. The Balaban J connectivity index is 2.04. The highest BCUT2D eigenvalue weighted by Gasteiger charge is 2.45. The average Bonchev–Trinajstić information content (AvgIpc) is 2.71. The van der Waals surface area contributed by atoms with Crippen molar-refractivity contribution in [2.75, 3.05) is 0 Å². The molecule has 0 spiro atoms. The number of carboxylic acids is 1. The van der Waals surface area contributed by atoms with E-state index in [0.717, 1.165) is 19.4 Å². The summed E-state index contributed by atoms with van der Waals surface area (Å²) in [6.07, 6.45) is 5.88. The van der Waals surface area contributed by atoms with Gasteiger partial charge in [0.05, 0.1) is 11.8 Å². The highest BCUT2D eigenvalue weighted by Crippen LogP contribution is 2.32. The third kappa shape index (κ3) is 2.23. The summed E-state index contributed by atoms with van der Waals surface area (Å²) in [4.78, 5) is 23.1. The maximum atomic E-state index is 11.9. The molecule has 6 heteroatoms. The van der Waals surface area contributed by atoms with Crippen LogP contribution in [-0.4, -0.2) is 32.3 Å². The van der Waals surface area contributed by atoms with Crippen molar-refractivity contribution in [3.63, 3.8) is 0 Å². The molecule has 1 aliphatic rings. The Bertz CT molecular complexity index is 463. The first kappa shape index (κ1) is 12.6. The maximum absolute atomic E-state index is 11.9. The molecule has 18 heavy (non-hydrogen) atoms. The van der Waals surface area contributed by atoms with E-state index in [9.17, 15) is 9.59 Å². The van der Waals surface area contributed by atoms with Crippen LogP contribution in [0.3, 0.4) is 0 Å². The first-order chi connectivity index (χ1) is 8.57. The van der Waals surface area contributed by atoms with Gasteiger partial charge in [0.1, 0.15) is 5.54 Å². The number of carbonyl (C=O) groups excluding carboxylic acids is 1. The van der Waals surface area contributed by atoms with Gasteiger partial charge in [0, 0.05) is 12.7 Å². The summed E-state index contributed by atoms with van der Waals surface area (Å²) >= 11 is 0. The van der Waals surface area contributed by atoms with E-state index < -0.39 is 11.5 Å². The number of nitrogens with one attached hydrogen (secondary N) is 1. The molecular formula is C12H17N3O3. The van der Waals surface area contributed by atoms with Crippen LogP contribution in [0.2, 0.25) is 0 Å². The molecule has 1 saturated carbocycles. The number of hydrogen-bond acceptors (Lipinski definition) is 3. The van der Waals surface area contributed by atoms with Gasteiger partial charge in [0.2, 0.25) is 0 Å². The number of amides is 1. The standard InChI is InChI=1S/C12H17N3O3/c1-2-6-15-8-9(7-13-15)10(16)14-12(11(17)18)4-3-5-12/h7-8H,2-6H2,1H3,(H,14,16)(H,17,18). The van der Waals surface area contributed by atoms with E-state index in [-0.39, 0.29) is 5.91 Å². The molecule has 1 amide bonds. The molecule has 0 aromatic carbocycles. The molecule has 0 aliphatic heterocycles. The lowest BCUT2D eigenvalue weighted by atomic mass is 9.76. The molecule has 0 saturated heterocycles. The van der Waals surface area contributed by atoms with Crippen LogP contribution in [0, 0.1) is 0 Å². The second-order valence-corrected chi connectivity index (χ2v) is 4.69. The first-order valence-corrected chi connectivity index (χ1v) is 6.16. The van der Waals surface area contributed by atoms with Gasteiger partial charge < -0.3 is 10.4 Å². The molecule has 2 rings (SSSR count). The Kier molecular flexibility index (Phi) is 3.36. The van der Waals surface area contributed by atoms with Crippen molar-refractivity contribution >= 4 is 11.9 Å². The number of aryl methyl sites for hydroxylation is 1. The van der Waals surface area contributed by atoms with Gasteiger partial charge in [-0.15, -0.1) is 0 Å². The molecule has 0 radical (unpaired) electrons. The minimum Gasteiger partial charge on any atom is -0.480 e. The SMILES string of the molecule is CCCn1cc(C(=O)NC2(C(=O)O)CCC2)cn1. The molecular weight excluding hydrogens is 234 g/mol. The van der Waals surface area contributed by atoms with Crippen molar-refractivity contribution in [1.29, 1.82) is 0 Å². The lowest BCUT2D eigenvalue weighted by Crippen LogP contribution is -2.59. The monoisotopic (exact) mass is 251 g/mol. The minimum absolute atomic E-state index is 0.362. The van der Waals surface area contributed by atoms with Crippen LogP contribution in [0.5, 0.6) is 0 Å². The summed E-state index contributed by atoms with van der Waals surface area (Å²) in [5.74, 6) is -1.32. The van der Waals surface area contributed by atoms with Gasteiger partial charge in [-0.1, -0.05) is 6.92 Å². The molecule has 1 aliphatic carbocycles. The van der Waals surface area contributed by atoms with Gasteiger partial charge in [-0.25, -0.2) is 4.79 Å². The van der Waals surface area contributed by atoms with Gasteiger partial charge in [-0.3, -0.25) is 9.48 Å². The van der Waals surface area contributed by atoms with Crippen LogP contribution < -0.4 is 5.32 Å². The van der Waals surface area contributed by atoms with E-state index in [4.69, 9.17) is 5.11 Å². The zero-order valence-electron chi connectivity index (χ0n) is 10.3. The molecule has 0 unspecified atom stereocenters. The van der Waals surface area contributed by atoms with Crippen LogP contribution in [0.25, 0.3) is 0 Å². The normalized spacial score (nSPS) is 16.9. The lowest BCUT2D eigenvalue weighted by Gasteiger charge is -2.38. The topological polar surface area (TPSA) is 84.2 Å². The quantitative estimate of drug-likeness (QED) is 0.818. The van der Waals surface area contributed by atoms with Crippen molar-refractivity contribution < 1.29 is 14.7 Å². The number of hydrogen-bond donors (Lipinski definition) is 2. The van der Waals surface area contributed by atoms with E-state index in [1.54, 1.807) is 10.9 Å². The Labute approximate surface area is 105 Å². The van der Waals surface area contributed by atoms with Crippen LogP contribution in [-0.2, 0) is 11.3 Å². The average molecular weight is 251 g/mol. The molecule has 1 heterocycles. The second kappa shape index (κ2) is 4.80. The Morgan fingerprint density at radius 2 is 2.28 bits per heavy atom. The fourth-order valence-corrected chi connectivity index (χ4v) is 2.04. The third-order valence-electron chi connectivity index (χ3n) is 3.32. The molecule has 1 aromatic heterocycles. The molecule has 98 valence electrons. The van der Waals surface area contributed by atoms with Crippen molar-refractivity contribution in [1.82, 2.24) is 15.1 Å². The summed E-state index contributed by atoms with van der Waals surface area (Å²) in [6.45, 7) is 2.77. The van der Waals surface area contributed by atoms with E-state index in [2.05, 4.69) is 10.4 Å². The zero-order valence-corrected chi connectivity index (χ0v) is 10.3. The molecule has 0 bridgehead atoms. The smallest absolute Gasteiger partial charge is 0.329 e. The molecule has 1 fully saturated rings. The highest BCUT2D eigenvalue weighted by atomic mass is 16.4. The number of aliphatic carboxylic acids is 1. The third-order valence-corrected chi connectivity index (χ3v) is 3.32. The van der Waals surface area contributed by atoms with E-state index >= 15 is 0 Å². The zero-order chi connectivity index (χ0) is 13.2. The summed E-state index contributed by atoms with van der Waals surface area (Å²) in [6, 6.07) is 0. The van der Waals surface area contributed by atoms with Crippen LogP contribution in [0.1, 0.15) is 43.0 Å². The predicted molar refractivity (Wildman–Crippen MR) is 64.2 cm³/mol. The highest BCUT2D eigenvalue weighted by molar-refractivity contribution is 5.97. The summed E-state index contributed by atoms with van der Waals surface area (Å²) < 4.78 is 1.68. The van der Waals surface area contributed by atoms with Crippen molar-refractivity contribution in [2.45, 2.75) is 44.7 Å². The maximum Gasteiger partial charge on any atom is 0.329 e. The molecule has 0 atom stereocenters. The molecule has 1 aromatic rings. The number of carboxylic acid groups (broad SMARTS) is 1. The van der Waals surface area contributed by atoms with E-state index in [1.807, 2.05) is 6.92 Å².